The van der Waals surface area contributed by atoms with Gasteiger partial charge in [-0.3, -0.25) is 10.8 Å². The zero-order chi connectivity index (χ0) is 13.0. The van der Waals surface area contributed by atoms with Crippen LogP contribution in [0.1, 0.15) is 11.6 Å². The van der Waals surface area contributed by atoms with E-state index in [2.05, 4.69) is 10.4 Å². The standard InChI is InChI=1S/C13H17N3O2/c1-17-13(18-2)12(16-14)10-5-3-4-9-6-7-15-8-11(9)10/h3-8,12-13,16H,14H2,1-2H3. The molecule has 0 fully saturated rings. The summed E-state index contributed by atoms with van der Waals surface area (Å²) in [5.74, 6) is 5.62. The summed E-state index contributed by atoms with van der Waals surface area (Å²) in [5.41, 5.74) is 3.73. The third-order valence-electron chi connectivity index (χ3n) is 2.97. The first-order valence-electron chi connectivity index (χ1n) is 5.66. The Morgan fingerprint density at radius 1 is 1.22 bits per heavy atom. The van der Waals surface area contributed by atoms with Crippen molar-refractivity contribution in [1.29, 1.82) is 0 Å². The number of hydrogen-bond donors (Lipinski definition) is 2. The number of aromatic nitrogens is 1. The maximum Gasteiger partial charge on any atom is 0.177 e. The van der Waals surface area contributed by atoms with Crippen LogP contribution in [0.5, 0.6) is 0 Å². The molecule has 18 heavy (non-hydrogen) atoms. The SMILES string of the molecule is COC(OC)C(NN)c1cccc2ccncc12. The van der Waals surface area contributed by atoms with Gasteiger partial charge in [0.25, 0.3) is 0 Å². The quantitative estimate of drug-likeness (QED) is 0.474. The molecule has 0 saturated heterocycles. The molecule has 5 heteroatoms. The molecule has 0 aliphatic rings. The molecule has 1 atom stereocenters. The van der Waals surface area contributed by atoms with Crippen LogP contribution in [0.3, 0.4) is 0 Å². The molecule has 0 saturated carbocycles. The molecule has 1 aromatic heterocycles. The summed E-state index contributed by atoms with van der Waals surface area (Å²) in [7, 11) is 3.17. The lowest BCUT2D eigenvalue weighted by molar-refractivity contribution is -0.124. The van der Waals surface area contributed by atoms with E-state index in [0.717, 1.165) is 16.3 Å². The fraction of sp³-hybridized carbons (Fsp3) is 0.308. The second kappa shape index (κ2) is 5.88. The second-order valence-electron chi connectivity index (χ2n) is 3.93. The van der Waals surface area contributed by atoms with Crippen molar-refractivity contribution in [2.24, 2.45) is 5.84 Å². The molecule has 0 aliphatic heterocycles. The van der Waals surface area contributed by atoms with Gasteiger partial charge in [0.1, 0.15) is 0 Å². The highest BCUT2D eigenvalue weighted by atomic mass is 16.7. The van der Waals surface area contributed by atoms with E-state index in [9.17, 15) is 0 Å². The number of nitrogens with one attached hydrogen (secondary N) is 1. The molecule has 1 heterocycles. The van der Waals surface area contributed by atoms with Gasteiger partial charge in [0.05, 0.1) is 6.04 Å². The van der Waals surface area contributed by atoms with Crippen LogP contribution in [-0.4, -0.2) is 25.5 Å². The van der Waals surface area contributed by atoms with Crippen molar-refractivity contribution in [3.05, 3.63) is 42.2 Å². The Morgan fingerprint density at radius 3 is 2.67 bits per heavy atom. The van der Waals surface area contributed by atoms with Crippen LogP contribution >= 0.6 is 0 Å². The lowest BCUT2D eigenvalue weighted by Crippen LogP contribution is -2.38. The van der Waals surface area contributed by atoms with Crippen LogP contribution in [0, 0.1) is 0 Å². The highest BCUT2D eigenvalue weighted by molar-refractivity contribution is 5.85. The Morgan fingerprint density at radius 2 is 2.00 bits per heavy atom. The molecule has 0 aliphatic carbocycles. The van der Waals surface area contributed by atoms with Crippen molar-refractivity contribution in [2.45, 2.75) is 12.3 Å². The number of methoxy groups -OCH3 is 2. The number of pyridine rings is 1. The van der Waals surface area contributed by atoms with Crippen molar-refractivity contribution < 1.29 is 9.47 Å². The fourth-order valence-corrected chi connectivity index (χ4v) is 2.09. The van der Waals surface area contributed by atoms with Crippen LogP contribution in [0.4, 0.5) is 0 Å². The number of benzene rings is 1. The number of fused-ring (bicyclic) bond motifs is 1. The van der Waals surface area contributed by atoms with Gasteiger partial charge in [0, 0.05) is 32.0 Å². The summed E-state index contributed by atoms with van der Waals surface area (Å²) in [6, 6.07) is 7.70. The minimum atomic E-state index is -0.458. The van der Waals surface area contributed by atoms with Crippen LogP contribution in [0.15, 0.2) is 36.7 Å². The topological polar surface area (TPSA) is 69.4 Å². The van der Waals surface area contributed by atoms with Gasteiger partial charge < -0.3 is 9.47 Å². The van der Waals surface area contributed by atoms with Crippen molar-refractivity contribution >= 4 is 10.8 Å². The van der Waals surface area contributed by atoms with Gasteiger partial charge in [-0.15, -0.1) is 0 Å². The predicted octanol–water partition coefficient (Wildman–Crippen LogP) is 1.36. The Labute approximate surface area is 106 Å². The van der Waals surface area contributed by atoms with E-state index in [1.165, 1.54) is 0 Å². The molecular weight excluding hydrogens is 230 g/mol. The van der Waals surface area contributed by atoms with Crippen molar-refractivity contribution in [3.8, 4) is 0 Å². The predicted molar refractivity (Wildman–Crippen MR) is 69.6 cm³/mol. The molecule has 1 aromatic carbocycles. The molecular formula is C13H17N3O2. The number of hydrogen-bond acceptors (Lipinski definition) is 5. The van der Waals surface area contributed by atoms with Gasteiger partial charge in [0.2, 0.25) is 0 Å². The van der Waals surface area contributed by atoms with E-state index >= 15 is 0 Å². The summed E-state index contributed by atoms with van der Waals surface area (Å²) in [5, 5.41) is 2.13. The molecule has 96 valence electrons. The highest BCUT2D eigenvalue weighted by Gasteiger charge is 2.23. The Kier molecular flexibility index (Phi) is 4.22. The van der Waals surface area contributed by atoms with E-state index in [1.54, 1.807) is 20.4 Å². The Hall–Kier alpha value is -1.53. The van der Waals surface area contributed by atoms with Crippen LogP contribution < -0.4 is 11.3 Å². The first-order chi connectivity index (χ1) is 8.81. The van der Waals surface area contributed by atoms with Gasteiger partial charge in [-0.25, -0.2) is 5.43 Å². The normalized spacial score (nSPS) is 13.1. The van der Waals surface area contributed by atoms with Crippen molar-refractivity contribution in [1.82, 2.24) is 10.4 Å². The average molecular weight is 247 g/mol. The zero-order valence-corrected chi connectivity index (χ0v) is 10.5. The van der Waals surface area contributed by atoms with E-state index in [0.29, 0.717) is 0 Å². The molecule has 0 amide bonds. The smallest absolute Gasteiger partial charge is 0.177 e. The van der Waals surface area contributed by atoms with Crippen molar-refractivity contribution in [2.75, 3.05) is 14.2 Å². The van der Waals surface area contributed by atoms with E-state index in [1.807, 2.05) is 30.5 Å². The van der Waals surface area contributed by atoms with Crippen LogP contribution in [0.2, 0.25) is 0 Å². The van der Waals surface area contributed by atoms with Crippen LogP contribution in [-0.2, 0) is 9.47 Å². The fourth-order valence-electron chi connectivity index (χ4n) is 2.09. The lowest BCUT2D eigenvalue weighted by Gasteiger charge is -2.25. The third-order valence-corrected chi connectivity index (χ3v) is 2.97. The van der Waals surface area contributed by atoms with Gasteiger partial charge in [-0.2, -0.15) is 0 Å². The molecule has 0 spiro atoms. The number of ether oxygens (including phenoxy) is 2. The number of nitrogens with two attached hydrogens (primary N) is 1. The molecule has 0 radical (unpaired) electrons. The molecule has 3 N–H and O–H groups in total. The zero-order valence-electron chi connectivity index (χ0n) is 10.5. The molecule has 2 rings (SSSR count). The highest BCUT2D eigenvalue weighted by Crippen LogP contribution is 2.26. The summed E-state index contributed by atoms with van der Waals surface area (Å²) in [4.78, 5) is 4.15. The number of hydrazine groups is 1. The summed E-state index contributed by atoms with van der Waals surface area (Å²) in [6.07, 6.45) is 3.12. The number of nitrogens with zero attached hydrogens (tertiary/aromatic N) is 1. The number of rotatable bonds is 5. The summed E-state index contributed by atoms with van der Waals surface area (Å²) in [6.45, 7) is 0. The van der Waals surface area contributed by atoms with E-state index in [4.69, 9.17) is 15.3 Å². The van der Waals surface area contributed by atoms with Crippen molar-refractivity contribution in [3.63, 3.8) is 0 Å². The second-order valence-corrected chi connectivity index (χ2v) is 3.93. The van der Waals surface area contributed by atoms with E-state index in [-0.39, 0.29) is 6.04 Å². The summed E-state index contributed by atoms with van der Waals surface area (Å²) >= 11 is 0. The Bertz CT molecular complexity index is 509. The first-order valence-corrected chi connectivity index (χ1v) is 5.66. The van der Waals surface area contributed by atoms with Gasteiger partial charge in [-0.1, -0.05) is 18.2 Å². The molecule has 1 unspecified atom stereocenters. The molecule has 2 aromatic rings. The average Bonchev–Trinajstić information content (AvgIpc) is 2.44. The van der Waals surface area contributed by atoms with Gasteiger partial charge in [0.15, 0.2) is 6.29 Å². The van der Waals surface area contributed by atoms with Gasteiger partial charge in [-0.05, 0) is 17.0 Å². The maximum atomic E-state index is 5.62. The molecule has 0 bridgehead atoms. The summed E-state index contributed by atoms with van der Waals surface area (Å²) < 4.78 is 10.5. The minimum absolute atomic E-state index is 0.257. The largest absolute Gasteiger partial charge is 0.354 e. The van der Waals surface area contributed by atoms with Gasteiger partial charge >= 0.3 is 0 Å². The van der Waals surface area contributed by atoms with Crippen LogP contribution in [0.25, 0.3) is 10.8 Å². The lowest BCUT2D eigenvalue weighted by atomic mass is 10.0. The molecule has 5 nitrogen and oxygen atoms in total. The maximum absolute atomic E-state index is 5.62. The van der Waals surface area contributed by atoms with E-state index < -0.39 is 6.29 Å². The minimum Gasteiger partial charge on any atom is -0.354 e. The monoisotopic (exact) mass is 247 g/mol. The third kappa shape index (κ3) is 2.34. The first kappa shape index (κ1) is 12.9. The Balaban J connectivity index is 2.51.